The number of ether oxygens (including phenoxy) is 1. The molecule has 16 heavy (non-hydrogen) atoms. The molecule has 1 atom stereocenters. The molecule has 0 bridgehead atoms. The molecule has 1 aromatic carbocycles. The van der Waals surface area contributed by atoms with Crippen LogP contribution in [0.2, 0.25) is 0 Å². The number of aliphatic hydroxyl groups is 1. The van der Waals surface area contributed by atoms with Gasteiger partial charge in [0.25, 0.3) is 0 Å². The molecule has 0 saturated carbocycles. The molecule has 1 unspecified atom stereocenters. The molecule has 1 aromatic rings. The van der Waals surface area contributed by atoms with Crippen LogP contribution < -0.4 is 0 Å². The second-order valence-corrected chi connectivity index (χ2v) is 4.21. The zero-order valence-electron chi connectivity index (χ0n) is 10.3. The molecule has 0 aliphatic rings. The van der Waals surface area contributed by atoms with Crippen molar-refractivity contribution >= 4 is 0 Å². The molecule has 2 heteroatoms. The van der Waals surface area contributed by atoms with Crippen molar-refractivity contribution in [3.63, 3.8) is 0 Å². The third-order valence-electron chi connectivity index (χ3n) is 2.59. The van der Waals surface area contributed by atoms with Crippen molar-refractivity contribution in [2.75, 3.05) is 13.2 Å². The van der Waals surface area contributed by atoms with E-state index in [0.29, 0.717) is 6.61 Å². The molecule has 0 fully saturated rings. The Morgan fingerprint density at radius 1 is 1.31 bits per heavy atom. The third kappa shape index (κ3) is 4.77. The van der Waals surface area contributed by atoms with Crippen LogP contribution >= 0.6 is 0 Å². The van der Waals surface area contributed by atoms with Crippen LogP contribution in [0.5, 0.6) is 0 Å². The predicted molar refractivity (Wildman–Crippen MR) is 66.5 cm³/mol. The van der Waals surface area contributed by atoms with Gasteiger partial charge in [0.15, 0.2) is 0 Å². The fourth-order valence-electron chi connectivity index (χ4n) is 1.62. The summed E-state index contributed by atoms with van der Waals surface area (Å²) in [5.41, 5.74) is 2.11. The summed E-state index contributed by atoms with van der Waals surface area (Å²) >= 11 is 0. The smallest absolute Gasteiger partial charge is 0.102 e. The first-order chi connectivity index (χ1) is 7.74. The van der Waals surface area contributed by atoms with Crippen LogP contribution in [0.25, 0.3) is 0 Å². The zero-order chi connectivity index (χ0) is 11.8. The molecular weight excluding hydrogens is 200 g/mol. The van der Waals surface area contributed by atoms with Crippen molar-refractivity contribution in [1.29, 1.82) is 0 Å². The Morgan fingerprint density at radius 2 is 2.12 bits per heavy atom. The zero-order valence-corrected chi connectivity index (χ0v) is 10.3. The number of rotatable bonds is 7. The summed E-state index contributed by atoms with van der Waals surface area (Å²) in [6, 6.07) is 7.93. The maximum Gasteiger partial charge on any atom is 0.102 e. The van der Waals surface area contributed by atoms with E-state index in [1.54, 1.807) is 0 Å². The van der Waals surface area contributed by atoms with Crippen LogP contribution in [-0.4, -0.2) is 18.3 Å². The molecule has 0 amide bonds. The van der Waals surface area contributed by atoms with Gasteiger partial charge < -0.3 is 9.84 Å². The average Bonchev–Trinajstić information content (AvgIpc) is 2.28. The maximum absolute atomic E-state index is 9.88. The van der Waals surface area contributed by atoms with Gasteiger partial charge in [0.1, 0.15) is 6.10 Å². The van der Waals surface area contributed by atoms with Crippen LogP contribution in [0.3, 0.4) is 0 Å². The summed E-state index contributed by atoms with van der Waals surface area (Å²) < 4.78 is 5.44. The van der Waals surface area contributed by atoms with Gasteiger partial charge in [-0.25, -0.2) is 0 Å². The standard InChI is InChI=1S/C14H22O2/c1-3-4-5-9-16-11-14(15)13-8-6-7-12(2)10-13/h6-8,10,14-15H,3-5,9,11H2,1-2H3. The topological polar surface area (TPSA) is 29.5 Å². The number of benzene rings is 1. The van der Waals surface area contributed by atoms with Gasteiger partial charge in [-0.3, -0.25) is 0 Å². The lowest BCUT2D eigenvalue weighted by molar-refractivity contribution is 0.0345. The summed E-state index contributed by atoms with van der Waals surface area (Å²) in [6.07, 6.45) is 2.97. The SMILES string of the molecule is CCCCCOCC(O)c1cccc(C)c1. The number of aryl methyl sites for hydroxylation is 1. The molecule has 0 aliphatic carbocycles. The van der Waals surface area contributed by atoms with E-state index in [1.807, 2.05) is 31.2 Å². The second-order valence-electron chi connectivity index (χ2n) is 4.21. The van der Waals surface area contributed by atoms with Crippen molar-refractivity contribution in [3.05, 3.63) is 35.4 Å². The fourth-order valence-corrected chi connectivity index (χ4v) is 1.62. The van der Waals surface area contributed by atoms with E-state index >= 15 is 0 Å². The lowest BCUT2D eigenvalue weighted by Gasteiger charge is -2.12. The van der Waals surface area contributed by atoms with E-state index in [2.05, 4.69) is 6.92 Å². The highest BCUT2D eigenvalue weighted by molar-refractivity contribution is 5.23. The minimum atomic E-state index is -0.499. The summed E-state index contributed by atoms with van der Waals surface area (Å²) in [4.78, 5) is 0. The van der Waals surface area contributed by atoms with Gasteiger partial charge in [0, 0.05) is 6.61 Å². The molecule has 0 radical (unpaired) electrons. The monoisotopic (exact) mass is 222 g/mol. The van der Waals surface area contributed by atoms with E-state index in [1.165, 1.54) is 18.4 Å². The van der Waals surface area contributed by atoms with E-state index in [9.17, 15) is 5.11 Å². The van der Waals surface area contributed by atoms with Gasteiger partial charge in [0.2, 0.25) is 0 Å². The quantitative estimate of drug-likeness (QED) is 0.718. The van der Waals surface area contributed by atoms with E-state index in [-0.39, 0.29) is 0 Å². The molecule has 1 rings (SSSR count). The largest absolute Gasteiger partial charge is 0.386 e. The molecular formula is C14H22O2. The lowest BCUT2D eigenvalue weighted by Crippen LogP contribution is -2.08. The van der Waals surface area contributed by atoms with Crippen LogP contribution in [0.4, 0.5) is 0 Å². The van der Waals surface area contributed by atoms with Crippen LogP contribution in [0.15, 0.2) is 24.3 Å². The Hall–Kier alpha value is -0.860. The summed E-state index contributed by atoms with van der Waals surface area (Å²) in [5, 5.41) is 9.88. The number of hydrogen-bond donors (Lipinski definition) is 1. The van der Waals surface area contributed by atoms with Crippen molar-refractivity contribution in [1.82, 2.24) is 0 Å². The van der Waals surface area contributed by atoms with Crippen LogP contribution in [0.1, 0.15) is 43.4 Å². The maximum atomic E-state index is 9.88. The van der Waals surface area contributed by atoms with Crippen molar-refractivity contribution < 1.29 is 9.84 Å². The highest BCUT2D eigenvalue weighted by Gasteiger charge is 2.06. The van der Waals surface area contributed by atoms with E-state index < -0.39 is 6.10 Å². The molecule has 0 spiro atoms. The fraction of sp³-hybridized carbons (Fsp3) is 0.571. The minimum absolute atomic E-state index is 0.396. The van der Waals surface area contributed by atoms with Gasteiger partial charge in [0.05, 0.1) is 6.61 Å². The molecule has 2 nitrogen and oxygen atoms in total. The van der Waals surface area contributed by atoms with Gasteiger partial charge in [-0.2, -0.15) is 0 Å². The number of hydrogen-bond acceptors (Lipinski definition) is 2. The van der Waals surface area contributed by atoms with Gasteiger partial charge in [-0.1, -0.05) is 49.6 Å². The second kappa shape index (κ2) is 7.42. The van der Waals surface area contributed by atoms with E-state index in [0.717, 1.165) is 18.6 Å². The lowest BCUT2D eigenvalue weighted by atomic mass is 10.1. The van der Waals surface area contributed by atoms with Gasteiger partial charge in [-0.05, 0) is 18.9 Å². The summed E-state index contributed by atoms with van der Waals surface area (Å²) in [5.74, 6) is 0. The first kappa shape index (κ1) is 13.2. The Morgan fingerprint density at radius 3 is 2.81 bits per heavy atom. The molecule has 0 aliphatic heterocycles. The molecule has 0 saturated heterocycles. The average molecular weight is 222 g/mol. The highest BCUT2D eigenvalue weighted by atomic mass is 16.5. The minimum Gasteiger partial charge on any atom is -0.386 e. The van der Waals surface area contributed by atoms with Crippen molar-refractivity contribution in [3.8, 4) is 0 Å². The molecule has 0 aromatic heterocycles. The van der Waals surface area contributed by atoms with Crippen molar-refractivity contribution in [2.24, 2.45) is 0 Å². The van der Waals surface area contributed by atoms with Crippen molar-refractivity contribution in [2.45, 2.75) is 39.2 Å². The summed E-state index contributed by atoms with van der Waals surface area (Å²) in [7, 11) is 0. The third-order valence-corrected chi connectivity index (χ3v) is 2.59. The number of aliphatic hydroxyl groups excluding tert-OH is 1. The van der Waals surface area contributed by atoms with E-state index in [4.69, 9.17) is 4.74 Å². The predicted octanol–water partition coefficient (Wildman–Crippen LogP) is 3.24. The van der Waals surface area contributed by atoms with Gasteiger partial charge in [-0.15, -0.1) is 0 Å². The van der Waals surface area contributed by atoms with Crippen LogP contribution in [-0.2, 0) is 4.74 Å². The molecule has 0 heterocycles. The number of unbranched alkanes of at least 4 members (excludes halogenated alkanes) is 2. The molecule has 1 N–H and O–H groups in total. The van der Waals surface area contributed by atoms with Gasteiger partial charge >= 0.3 is 0 Å². The highest BCUT2D eigenvalue weighted by Crippen LogP contribution is 2.14. The summed E-state index contributed by atoms with van der Waals surface area (Å²) in [6.45, 7) is 5.34. The Kier molecular flexibility index (Phi) is 6.12. The Balaban J connectivity index is 2.27. The first-order valence-electron chi connectivity index (χ1n) is 6.06. The normalized spacial score (nSPS) is 12.7. The Bertz CT molecular complexity index is 297. The Labute approximate surface area is 98.3 Å². The first-order valence-corrected chi connectivity index (χ1v) is 6.06. The molecule has 90 valence electrons. The van der Waals surface area contributed by atoms with Crippen LogP contribution in [0, 0.1) is 6.92 Å².